The quantitative estimate of drug-likeness (QED) is 0.810. The first-order valence-electron chi connectivity index (χ1n) is 7.85. The Labute approximate surface area is 132 Å². The van der Waals surface area contributed by atoms with E-state index in [2.05, 4.69) is 5.32 Å². The van der Waals surface area contributed by atoms with Crippen molar-refractivity contribution in [3.05, 3.63) is 0 Å². The molecule has 0 spiro atoms. The molecule has 0 heterocycles. The van der Waals surface area contributed by atoms with Gasteiger partial charge in [0.25, 0.3) is 0 Å². The van der Waals surface area contributed by atoms with Crippen molar-refractivity contribution in [2.75, 3.05) is 12.0 Å². The van der Waals surface area contributed by atoms with E-state index in [1.807, 2.05) is 27.0 Å². The Morgan fingerprint density at radius 1 is 1.24 bits per heavy atom. The average molecular weight is 315 g/mol. The van der Waals surface area contributed by atoms with Crippen LogP contribution in [0.25, 0.3) is 0 Å². The third-order valence-corrected chi connectivity index (χ3v) is 4.30. The molecule has 1 rings (SSSR count). The van der Waals surface area contributed by atoms with Gasteiger partial charge in [0.2, 0.25) is 0 Å². The van der Waals surface area contributed by atoms with Crippen LogP contribution in [0.3, 0.4) is 0 Å². The summed E-state index contributed by atoms with van der Waals surface area (Å²) in [5, 5.41) is 2.78. The monoisotopic (exact) mass is 315 g/mol. The highest BCUT2D eigenvalue weighted by Crippen LogP contribution is 2.26. The van der Waals surface area contributed by atoms with Gasteiger partial charge >= 0.3 is 6.09 Å². The van der Waals surface area contributed by atoms with Crippen LogP contribution in [0.5, 0.6) is 0 Å². The summed E-state index contributed by atoms with van der Waals surface area (Å²) in [4.78, 5) is 24.6. The number of rotatable bonds is 6. The summed E-state index contributed by atoms with van der Waals surface area (Å²) in [5.74, 6) is 1.16. The third kappa shape index (κ3) is 7.21. The van der Waals surface area contributed by atoms with Crippen molar-refractivity contribution < 1.29 is 14.3 Å². The van der Waals surface area contributed by atoms with E-state index in [4.69, 9.17) is 4.74 Å². The normalized spacial score (nSPS) is 18.1. The Morgan fingerprint density at radius 2 is 1.86 bits per heavy atom. The summed E-state index contributed by atoms with van der Waals surface area (Å²) in [7, 11) is 0. The summed E-state index contributed by atoms with van der Waals surface area (Å²) < 4.78 is 5.28. The zero-order valence-electron chi connectivity index (χ0n) is 13.7. The Bertz CT molecular complexity index is 346. The molecule has 0 radical (unpaired) electrons. The molecular formula is C16H29NO3S. The van der Waals surface area contributed by atoms with Crippen molar-refractivity contribution >= 4 is 23.6 Å². The Balaban J connectivity index is 2.61. The lowest BCUT2D eigenvalue weighted by molar-refractivity contribution is -0.126. The largest absolute Gasteiger partial charge is 0.444 e. The van der Waals surface area contributed by atoms with E-state index in [0.717, 1.165) is 31.4 Å². The lowest BCUT2D eigenvalue weighted by Crippen LogP contribution is -2.46. The number of ketones is 1. The molecule has 1 unspecified atom stereocenters. The number of nitrogens with one attached hydrogen (secondary N) is 1. The smallest absolute Gasteiger partial charge is 0.408 e. The second-order valence-corrected chi connectivity index (χ2v) is 7.70. The van der Waals surface area contributed by atoms with Crippen molar-refractivity contribution in [1.29, 1.82) is 0 Å². The average Bonchev–Trinajstić information content (AvgIpc) is 2.41. The standard InChI is InChI=1S/C16H29NO3S/c1-16(2,3)20-15(19)17-13(10-11-21-4)14(18)12-8-6-5-7-9-12/h12-13H,5-11H2,1-4H3,(H,17,19). The molecule has 0 bridgehead atoms. The number of hydrogen-bond acceptors (Lipinski definition) is 4. The molecule has 0 saturated heterocycles. The van der Waals surface area contributed by atoms with Crippen LogP contribution in [-0.4, -0.2) is 35.5 Å². The van der Waals surface area contributed by atoms with E-state index in [0.29, 0.717) is 6.42 Å². The van der Waals surface area contributed by atoms with Gasteiger partial charge in [-0.15, -0.1) is 0 Å². The molecule has 0 aromatic carbocycles. The van der Waals surface area contributed by atoms with Gasteiger partial charge in [-0.1, -0.05) is 19.3 Å². The summed E-state index contributed by atoms with van der Waals surface area (Å²) in [6.07, 6.45) is 7.59. The van der Waals surface area contributed by atoms with Gasteiger partial charge in [-0.2, -0.15) is 11.8 Å². The van der Waals surface area contributed by atoms with Crippen molar-refractivity contribution in [2.45, 2.75) is 70.9 Å². The van der Waals surface area contributed by atoms with E-state index in [1.54, 1.807) is 11.8 Å². The predicted molar refractivity (Wildman–Crippen MR) is 87.7 cm³/mol. The van der Waals surface area contributed by atoms with E-state index >= 15 is 0 Å². The highest BCUT2D eigenvalue weighted by atomic mass is 32.2. The molecule has 0 aliphatic heterocycles. The fourth-order valence-corrected chi connectivity index (χ4v) is 3.11. The first-order chi connectivity index (χ1) is 9.83. The number of carbonyl (C=O) groups excluding carboxylic acids is 2. The van der Waals surface area contributed by atoms with Gasteiger partial charge < -0.3 is 10.1 Å². The van der Waals surface area contributed by atoms with Crippen molar-refractivity contribution in [3.63, 3.8) is 0 Å². The van der Waals surface area contributed by atoms with Crippen LogP contribution in [0.4, 0.5) is 4.79 Å². The predicted octanol–water partition coefficient (Wildman–Crippen LogP) is 3.78. The molecule has 122 valence electrons. The molecule has 1 aliphatic rings. The Hall–Kier alpha value is -0.710. The molecular weight excluding hydrogens is 286 g/mol. The van der Waals surface area contributed by atoms with Gasteiger partial charge in [-0.3, -0.25) is 4.79 Å². The molecule has 0 aromatic rings. The van der Waals surface area contributed by atoms with Crippen LogP contribution in [0.15, 0.2) is 0 Å². The van der Waals surface area contributed by atoms with E-state index in [1.165, 1.54) is 6.42 Å². The second-order valence-electron chi connectivity index (χ2n) is 6.72. The highest BCUT2D eigenvalue weighted by molar-refractivity contribution is 7.98. The number of Topliss-reactive ketones (excluding diaryl/α,β-unsaturated/α-hetero) is 1. The highest BCUT2D eigenvalue weighted by Gasteiger charge is 2.30. The summed E-state index contributed by atoms with van der Waals surface area (Å²) in [6.45, 7) is 5.48. The minimum Gasteiger partial charge on any atom is -0.444 e. The molecule has 5 heteroatoms. The van der Waals surface area contributed by atoms with Crippen LogP contribution in [0.1, 0.15) is 59.3 Å². The maximum Gasteiger partial charge on any atom is 0.408 e. The number of carbonyl (C=O) groups is 2. The Kier molecular flexibility index (Phi) is 7.57. The van der Waals surface area contributed by atoms with Gasteiger partial charge in [0, 0.05) is 5.92 Å². The molecule has 1 aliphatic carbocycles. The second kappa shape index (κ2) is 8.66. The maximum atomic E-state index is 12.6. The minimum atomic E-state index is -0.540. The zero-order chi connectivity index (χ0) is 15.9. The molecule has 1 saturated carbocycles. The zero-order valence-corrected chi connectivity index (χ0v) is 14.6. The van der Waals surface area contributed by atoms with Gasteiger partial charge in [0.1, 0.15) is 5.60 Å². The maximum absolute atomic E-state index is 12.6. The van der Waals surface area contributed by atoms with Crippen LogP contribution < -0.4 is 5.32 Å². The van der Waals surface area contributed by atoms with Gasteiger partial charge in [-0.25, -0.2) is 4.79 Å². The van der Waals surface area contributed by atoms with Crippen molar-refractivity contribution in [1.82, 2.24) is 5.32 Å². The van der Waals surface area contributed by atoms with E-state index < -0.39 is 17.7 Å². The van der Waals surface area contributed by atoms with E-state index in [-0.39, 0.29) is 11.7 Å². The van der Waals surface area contributed by atoms with Gasteiger partial charge in [0.15, 0.2) is 5.78 Å². The molecule has 1 amide bonds. The van der Waals surface area contributed by atoms with E-state index in [9.17, 15) is 9.59 Å². The lowest BCUT2D eigenvalue weighted by atomic mass is 9.83. The molecule has 1 atom stereocenters. The van der Waals surface area contributed by atoms with Crippen LogP contribution in [0, 0.1) is 5.92 Å². The SMILES string of the molecule is CSCCC(NC(=O)OC(C)(C)C)C(=O)C1CCCCC1. The van der Waals surface area contributed by atoms with Crippen LogP contribution >= 0.6 is 11.8 Å². The fraction of sp³-hybridized carbons (Fsp3) is 0.875. The van der Waals surface area contributed by atoms with Crippen molar-refractivity contribution in [2.24, 2.45) is 5.92 Å². The number of hydrogen-bond donors (Lipinski definition) is 1. The summed E-state index contributed by atoms with van der Waals surface area (Å²) in [5.41, 5.74) is -0.540. The first kappa shape index (κ1) is 18.3. The third-order valence-electron chi connectivity index (χ3n) is 3.65. The molecule has 1 N–H and O–H groups in total. The minimum absolute atomic E-state index is 0.112. The summed E-state index contributed by atoms with van der Waals surface area (Å²) >= 11 is 1.69. The Morgan fingerprint density at radius 3 is 2.38 bits per heavy atom. The first-order valence-corrected chi connectivity index (χ1v) is 9.25. The number of amides is 1. The summed E-state index contributed by atoms with van der Waals surface area (Å²) in [6, 6.07) is -0.407. The topological polar surface area (TPSA) is 55.4 Å². The molecule has 0 aromatic heterocycles. The number of thioether (sulfide) groups is 1. The van der Waals surface area contributed by atoms with Crippen LogP contribution in [-0.2, 0) is 9.53 Å². The fourth-order valence-electron chi connectivity index (χ4n) is 2.64. The van der Waals surface area contributed by atoms with Crippen molar-refractivity contribution in [3.8, 4) is 0 Å². The van der Waals surface area contributed by atoms with Gasteiger partial charge in [0.05, 0.1) is 6.04 Å². The molecule has 21 heavy (non-hydrogen) atoms. The van der Waals surface area contributed by atoms with Crippen LogP contribution in [0.2, 0.25) is 0 Å². The number of alkyl carbamates (subject to hydrolysis) is 1. The van der Waals surface area contributed by atoms with Gasteiger partial charge in [-0.05, 0) is 52.0 Å². The molecule has 4 nitrogen and oxygen atoms in total. The molecule has 1 fully saturated rings. The number of ether oxygens (including phenoxy) is 1. The lowest BCUT2D eigenvalue weighted by Gasteiger charge is -2.27.